The fourth-order valence-electron chi connectivity index (χ4n) is 8.49. The maximum absolute atomic E-state index is 13.5. The number of aliphatic hydroxyl groups is 1. The molecule has 49 heavy (non-hydrogen) atoms. The quantitative estimate of drug-likeness (QED) is 0.381. The maximum Gasteiger partial charge on any atom is 0.264 e. The first-order valence-electron chi connectivity index (χ1n) is 17.8. The minimum absolute atomic E-state index is 0.0352. The standard InChI is InChI=1S/C38H50ClN3O6S/c1-5-41(6-2)35(43)21-38(45)18-7-9-25(3)26(4)49(46,47)40-36(44)28-12-16-34-33(20-28)42(22-29-11-14-32(29)38)23-37(24-48-34)17-8-10-27-19-30(39)13-15-31(27)37/h7,12-13,15-16,18-20,25-26,29,32,45H,5-6,8-11,14,17,21-24H2,1-4H3,(H,40,44)/b18-7+/t25-,26+,29-,32+,37-,38-/m0/s1. The molecule has 0 radical (unpaired) electrons. The highest BCUT2D eigenvalue weighted by atomic mass is 35.5. The molecule has 9 nitrogen and oxygen atoms in total. The van der Waals surface area contributed by atoms with Crippen LogP contribution in [-0.4, -0.2) is 73.9 Å². The van der Waals surface area contributed by atoms with Crippen molar-refractivity contribution in [1.29, 1.82) is 0 Å². The Morgan fingerprint density at radius 3 is 2.63 bits per heavy atom. The van der Waals surface area contributed by atoms with Gasteiger partial charge in [0.1, 0.15) is 5.75 Å². The van der Waals surface area contributed by atoms with Crippen molar-refractivity contribution in [2.24, 2.45) is 17.8 Å². The van der Waals surface area contributed by atoms with Crippen LogP contribution >= 0.6 is 11.6 Å². The SMILES string of the molecule is CCN(CC)C(=O)C[C@@]1(O)/C=C/C[C@H](C)[C@@H](C)S(=O)(=O)NC(=O)c2ccc3c(c2)N(C[C@@H]2CC[C@H]21)C[C@@]1(CCCc2cc(Cl)ccc21)CO3. The molecule has 0 unspecified atom stereocenters. The zero-order valence-electron chi connectivity index (χ0n) is 29.1. The van der Waals surface area contributed by atoms with E-state index in [1.54, 1.807) is 36.1 Å². The summed E-state index contributed by atoms with van der Waals surface area (Å²) in [6.45, 7) is 10.0. The Balaban J connectivity index is 1.44. The number of hydrogen-bond acceptors (Lipinski definition) is 7. The monoisotopic (exact) mass is 711 g/mol. The lowest BCUT2D eigenvalue weighted by atomic mass is 9.63. The number of nitrogens with one attached hydrogen (secondary N) is 1. The molecule has 1 fully saturated rings. The minimum Gasteiger partial charge on any atom is -0.490 e. The summed E-state index contributed by atoms with van der Waals surface area (Å²) in [7, 11) is -4.02. The van der Waals surface area contributed by atoms with E-state index < -0.39 is 26.8 Å². The summed E-state index contributed by atoms with van der Waals surface area (Å²) in [6.07, 6.45) is 8.39. The topological polar surface area (TPSA) is 116 Å². The lowest BCUT2D eigenvalue weighted by molar-refractivity contribution is -0.139. The molecule has 266 valence electrons. The van der Waals surface area contributed by atoms with Gasteiger partial charge in [-0.3, -0.25) is 9.59 Å². The van der Waals surface area contributed by atoms with E-state index in [0.29, 0.717) is 50.0 Å². The Labute approximate surface area is 296 Å². The Bertz CT molecular complexity index is 1730. The van der Waals surface area contributed by atoms with Crippen molar-refractivity contribution in [3.05, 3.63) is 70.3 Å². The number of fused-ring (bicyclic) bond motifs is 4. The minimum atomic E-state index is -4.02. The van der Waals surface area contributed by atoms with Crippen LogP contribution in [0.1, 0.15) is 87.7 Å². The molecule has 11 heteroatoms. The van der Waals surface area contributed by atoms with Crippen molar-refractivity contribution in [2.75, 3.05) is 37.7 Å². The molecule has 2 aliphatic carbocycles. The van der Waals surface area contributed by atoms with E-state index in [-0.39, 0.29) is 41.1 Å². The number of sulfonamides is 1. The van der Waals surface area contributed by atoms with E-state index in [4.69, 9.17) is 16.3 Å². The van der Waals surface area contributed by atoms with Gasteiger partial charge < -0.3 is 19.6 Å². The fourth-order valence-corrected chi connectivity index (χ4v) is 9.97. The number of hydrogen-bond donors (Lipinski definition) is 2. The highest BCUT2D eigenvalue weighted by Gasteiger charge is 2.49. The van der Waals surface area contributed by atoms with Gasteiger partial charge in [-0.15, -0.1) is 0 Å². The second kappa shape index (κ2) is 13.9. The van der Waals surface area contributed by atoms with E-state index in [1.807, 2.05) is 32.9 Å². The third-order valence-corrected chi connectivity index (χ3v) is 14.0. The summed E-state index contributed by atoms with van der Waals surface area (Å²) in [4.78, 5) is 31.0. The summed E-state index contributed by atoms with van der Waals surface area (Å²) >= 11 is 6.44. The number of anilines is 1. The number of benzene rings is 2. The molecular weight excluding hydrogens is 662 g/mol. The molecule has 2 heterocycles. The molecule has 2 bridgehead atoms. The number of carbonyl (C=O) groups is 2. The van der Waals surface area contributed by atoms with Crippen LogP contribution in [0, 0.1) is 17.8 Å². The van der Waals surface area contributed by atoms with Crippen LogP contribution in [0.25, 0.3) is 0 Å². The van der Waals surface area contributed by atoms with Crippen molar-refractivity contribution >= 4 is 39.1 Å². The molecule has 2 N–H and O–H groups in total. The van der Waals surface area contributed by atoms with Gasteiger partial charge in [0, 0.05) is 42.2 Å². The first-order chi connectivity index (χ1) is 23.3. The molecular formula is C38H50ClN3O6S. The van der Waals surface area contributed by atoms with E-state index in [9.17, 15) is 23.1 Å². The number of allylic oxidation sites excluding steroid dienone is 1. The van der Waals surface area contributed by atoms with Crippen LogP contribution < -0.4 is 14.4 Å². The smallest absolute Gasteiger partial charge is 0.264 e. The number of ether oxygens (including phenoxy) is 1. The molecule has 0 saturated heterocycles. The molecule has 1 spiro atoms. The predicted octanol–water partition coefficient (Wildman–Crippen LogP) is 5.87. The third kappa shape index (κ3) is 6.97. The highest BCUT2D eigenvalue weighted by molar-refractivity contribution is 7.90. The van der Waals surface area contributed by atoms with E-state index in [1.165, 1.54) is 11.1 Å². The van der Waals surface area contributed by atoms with Gasteiger partial charge >= 0.3 is 0 Å². The summed E-state index contributed by atoms with van der Waals surface area (Å²) in [5, 5.41) is 12.3. The van der Waals surface area contributed by atoms with Crippen molar-refractivity contribution in [2.45, 2.75) is 88.9 Å². The number of carbonyl (C=O) groups excluding carboxylic acids is 2. The van der Waals surface area contributed by atoms with Crippen LogP contribution in [0.4, 0.5) is 5.69 Å². The molecule has 2 aromatic rings. The zero-order valence-corrected chi connectivity index (χ0v) is 30.7. The molecule has 2 amide bonds. The van der Waals surface area contributed by atoms with E-state index in [2.05, 4.69) is 21.8 Å². The largest absolute Gasteiger partial charge is 0.490 e. The van der Waals surface area contributed by atoms with Crippen molar-refractivity contribution < 1.29 is 27.9 Å². The number of amides is 2. The summed E-state index contributed by atoms with van der Waals surface area (Å²) < 4.78 is 35.8. The molecule has 6 rings (SSSR count). The van der Waals surface area contributed by atoms with E-state index >= 15 is 0 Å². The van der Waals surface area contributed by atoms with E-state index in [0.717, 1.165) is 37.8 Å². The average Bonchev–Trinajstić information content (AvgIpc) is 3.19. The zero-order chi connectivity index (χ0) is 35.1. The van der Waals surface area contributed by atoms with Crippen molar-refractivity contribution in [3.8, 4) is 5.75 Å². The van der Waals surface area contributed by atoms with Gasteiger partial charge in [-0.2, -0.15) is 0 Å². The number of halogens is 1. The van der Waals surface area contributed by atoms with Gasteiger partial charge in [0.25, 0.3) is 5.91 Å². The molecule has 0 aromatic heterocycles. The second-order valence-electron chi connectivity index (χ2n) is 14.8. The Morgan fingerprint density at radius 2 is 1.92 bits per heavy atom. The number of rotatable bonds is 4. The number of aryl methyl sites for hydroxylation is 1. The van der Waals surface area contributed by atoms with Gasteiger partial charge in [0.15, 0.2) is 0 Å². The van der Waals surface area contributed by atoms with Crippen molar-refractivity contribution in [3.63, 3.8) is 0 Å². The summed E-state index contributed by atoms with van der Waals surface area (Å²) in [6, 6.07) is 11.2. The van der Waals surface area contributed by atoms with Gasteiger partial charge in [-0.05, 0) is 119 Å². The van der Waals surface area contributed by atoms with Gasteiger partial charge in [-0.25, -0.2) is 13.1 Å². The Hall–Kier alpha value is -3.08. The predicted molar refractivity (Wildman–Crippen MR) is 193 cm³/mol. The first kappa shape index (κ1) is 35.7. The van der Waals surface area contributed by atoms with Crippen LogP contribution in [0.2, 0.25) is 5.02 Å². The fraction of sp³-hybridized carbons (Fsp3) is 0.579. The highest BCUT2D eigenvalue weighted by Crippen LogP contribution is 2.49. The molecule has 1 saturated carbocycles. The van der Waals surface area contributed by atoms with Gasteiger partial charge in [0.2, 0.25) is 15.9 Å². The van der Waals surface area contributed by atoms with Crippen LogP contribution in [-0.2, 0) is 26.7 Å². The molecule has 4 aliphatic rings. The van der Waals surface area contributed by atoms with Crippen molar-refractivity contribution in [1.82, 2.24) is 9.62 Å². The second-order valence-corrected chi connectivity index (χ2v) is 17.2. The van der Waals surface area contributed by atoms with Gasteiger partial charge in [0.05, 0.1) is 29.6 Å². The first-order valence-corrected chi connectivity index (χ1v) is 19.8. The third-order valence-electron chi connectivity index (χ3n) is 11.8. The molecule has 2 aliphatic heterocycles. The normalized spacial score (nSPS) is 31.6. The van der Waals surface area contributed by atoms with Crippen LogP contribution in [0.5, 0.6) is 5.75 Å². The maximum atomic E-state index is 13.5. The Morgan fingerprint density at radius 1 is 1.14 bits per heavy atom. The van der Waals surface area contributed by atoms with Crippen LogP contribution in [0.15, 0.2) is 48.6 Å². The lowest BCUT2D eigenvalue weighted by Gasteiger charge is -2.49. The Kier molecular flexibility index (Phi) is 10.1. The summed E-state index contributed by atoms with van der Waals surface area (Å²) in [5.41, 5.74) is 1.65. The summed E-state index contributed by atoms with van der Waals surface area (Å²) in [5.74, 6) is -0.610. The van der Waals surface area contributed by atoms with Gasteiger partial charge in [-0.1, -0.05) is 36.7 Å². The molecule has 6 atom stereocenters. The van der Waals surface area contributed by atoms with Crippen LogP contribution in [0.3, 0.4) is 0 Å². The average molecular weight is 712 g/mol. The molecule has 2 aromatic carbocycles. The lowest BCUT2D eigenvalue weighted by Crippen LogP contribution is -2.53. The number of nitrogens with zero attached hydrogens (tertiary/aromatic N) is 2.